The number of aliphatic hydroxyl groups excluding tert-OH is 1. The van der Waals surface area contributed by atoms with Gasteiger partial charge >= 0.3 is 0 Å². The Balaban J connectivity index is 2.12. The maximum absolute atomic E-state index is 11.8. The van der Waals surface area contributed by atoms with Gasteiger partial charge in [-0.05, 0) is 23.8 Å². The molecule has 0 aromatic heterocycles. The first-order chi connectivity index (χ1) is 8.65. The molecule has 1 aromatic rings. The van der Waals surface area contributed by atoms with Crippen molar-refractivity contribution < 1.29 is 9.90 Å². The monoisotopic (exact) mass is 265 g/mol. The molecule has 2 unspecified atom stereocenters. The van der Waals surface area contributed by atoms with Crippen LogP contribution < -0.4 is 10.3 Å². The van der Waals surface area contributed by atoms with E-state index in [0.29, 0.717) is 17.9 Å². The van der Waals surface area contributed by atoms with Crippen molar-refractivity contribution in [3.8, 4) is 0 Å². The highest BCUT2D eigenvalue weighted by atomic mass is 35.5. The molecule has 2 atom stereocenters. The van der Waals surface area contributed by atoms with E-state index >= 15 is 0 Å². The lowest BCUT2D eigenvalue weighted by molar-refractivity contribution is -0.123. The predicted octanol–water partition coefficient (Wildman–Crippen LogP) is 0.895. The average Bonchev–Trinajstić information content (AvgIpc) is 2.45. The van der Waals surface area contributed by atoms with E-state index in [1.165, 1.54) is 0 Å². The zero-order valence-electron chi connectivity index (χ0n) is 9.51. The van der Waals surface area contributed by atoms with Crippen LogP contribution in [0, 0.1) is 0 Å². The Morgan fingerprint density at radius 2 is 2.33 bits per heavy atom. The van der Waals surface area contributed by atoms with Crippen molar-refractivity contribution in [2.45, 2.75) is 25.0 Å². The summed E-state index contributed by atoms with van der Waals surface area (Å²) in [5, 5.41) is 14.4. The number of carbonyl (C=O) groups excluding carboxylic acids is 1. The predicted molar refractivity (Wildman–Crippen MR) is 68.7 cm³/mol. The molecular formula is C12H12ClN3O2. The maximum atomic E-state index is 11.8. The van der Waals surface area contributed by atoms with Crippen LogP contribution in [0.1, 0.15) is 12.0 Å². The van der Waals surface area contributed by atoms with Crippen molar-refractivity contribution in [1.29, 1.82) is 0 Å². The quantitative estimate of drug-likeness (QED) is 0.732. The summed E-state index contributed by atoms with van der Waals surface area (Å²) in [7, 11) is 0. The van der Waals surface area contributed by atoms with E-state index in [-0.39, 0.29) is 5.91 Å². The number of aliphatic hydroxyl groups is 1. The maximum Gasteiger partial charge on any atom is 0.263 e. The fourth-order valence-corrected chi connectivity index (χ4v) is 2.65. The Kier molecular flexibility index (Phi) is 2.72. The van der Waals surface area contributed by atoms with Gasteiger partial charge in [0.25, 0.3) is 5.91 Å². The third-order valence-electron chi connectivity index (χ3n) is 3.27. The summed E-state index contributed by atoms with van der Waals surface area (Å²) in [5.74, 6) is -0.195. The van der Waals surface area contributed by atoms with Crippen molar-refractivity contribution in [3.63, 3.8) is 0 Å². The third-order valence-corrected chi connectivity index (χ3v) is 3.50. The lowest BCUT2D eigenvalue weighted by atomic mass is 10.0. The second-order valence-electron chi connectivity index (χ2n) is 4.51. The van der Waals surface area contributed by atoms with Gasteiger partial charge in [-0.25, -0.2) is 5.43 Å². The van der Waals surface area contributed by atoms with E-state index in [4.69, 9.17) is 11.6 Å². The van der Waals surface area contributed by atoms with E-state index in [9.17, 15) is 9.90 Å². The minimum Gasteiger partial charge on any atom is -0.393 e. The van der Waals surface area contributed by atoms with E-state index in [0.717, 1.165) is 11.3 Å². The van der Waals surface area contributed by atoms with Gasteiger partial charge in [-0.2, -0.15) is 5.10 Å². The molecule has 3 rings (SSSR count). The number of anilines is 1. The highest BCUT2D eigenvalue weighted by Crippen LogP contribution is 2.31. The Morgan fingerprint density at radius 3 is 3.17 bits per heavy atom. The largest absolute Gasteiger partial charge is 0.393 e. The molecular weight excluding hydrogens is 254 g/mol. The number of hydrogen-bond acceptors (Lipinski definition) is 4. The summed E-state index contributed by atoms with van der Waals surface area (Å²) in [6.45, 7) is 0. The standard InChI is InChI=1S/C12H12ClN3O2/c13-8-1-2-10-7(3-8)4-9(17)5-11-12(18)15-14-6-16(10)11/h1-3,6,9,11,17H,4-5H2,(H,15,18). The Labute approximate surface area is 109 Å². The van der Waals surface area contributed by atoms with Gasteiger partial charge in [0.15, 0.2) is 0 Å². The molecule has 6 heteroatoms. The van der Waals surface area contributed by atoms with Crippen LogP contribution in [0.5, 0.6) is 0 Å². The molecule has 0 bridgehead atoms. The van der Waals surface area contributed by atoms with Crippen LogP contribution in [-0.2, 0) is 11.2 Å². The molecule has 1 amide bonds. The van der Waals surface area contributed by atoms with Gasteiger partial charge in [0.1, 0.15) is 12.4 Å². The molecule has 2 aliphatic heterocycles. The van der Waals surface area contributed by atoms with Crippen LogP contribution >= 0.6 is 11.6 Å². The molecule has 18 heavy (non-hydrogen) atoms. The third kappa shape index (κ3) is 1.85. The number of nitrogens with zero attached hydrogens (tertiary/aromatic N) is 2. The average molecular weight is 266 g/mol. The lowest BCUT2D eigenvalue weighted by Gasteiger charge is -2.30. The number of amides is 1. The first-order valence-electron chi connectivity index (χ1n) is 5.73. The van der Waals surface area contributed by atoms with Crippen molar-refractivity contribution >= 4 is 29.5 Å². The summed E-state index contributed by atoms with van der Waals surface area (Å²) < 4.78 is 0. The number of halogens is 1. The van der Waals surface area contributed by atoms with Gasteiger partial charge in [0.05, 0.1) is 6.10 Å². The number of hydrogen-bond donors (Lipinski definition) is 2. The minimum atomic E-state index is -0.561. The van der Waals surface area contributed by atoms with Gasteiger partial charge in [-0.15, -0.1) is 0 Å². The van der Waals surface area contributed by atoms with Crippen LogP contribution in [0.15, 0.2) is 23.3 Å². The number of fused-ring (bicyclic) bond motifs is 3. The molecule has 2 N–H and O–H groups in total. The molecule has 94 valence electrons. The Hall–Kier alpha value is -1.59. The first-order valence-corrected chi connectivity index (χ1v) is 6.11. The van der Waals surface area contributed by atoms with Gasteiger partial charge in [0.2, 0.25) is 0 Å². The van der Waals surface area contributed by atoms with E-state index < -0.39 is 12.1 Å². The number of benzene rings is 1. The van der Waals surface area contributed by atoms with E-state index in [1.807, 2.05) is 12.1 Å². The van der Waals surface area contributed by atoms with Gasteiger partial charge in [-0.3, -0.25) is 4.79 Å². The molecule has 0 radical (unpaired) electrons. The van der Waals surface area contributed by atoms with E-state index in [1.54, 1.807) is 17.3 Å². The topological polar surface area (TPSA) is 64.9 Å². The van der Waals surface area contributed by atoms with Crippen LogP contribution in [0.3, 0.4) is 0 Å². The molecule has 5 nitrogen and oxygen atoms in total. The fraction of sp³-hybridized carbons (Fsp3) is 0.333. The minimum absolute atomic E-state index is 0.195. The van der Waals surface area contributed by atoms with Crippen molar-refractivity contribution in [1.82, 2.24) is 5.43 Å². The van der Waals surface area contributed by atoms with Gasteiger partial charge in [0, 0.05) is 23.6 Å². The van der Waals surface area contributed by atoms with Crippen molar-refractivity contribution in [2.24, 2.45) is 5.10 Å². The summed E-state index contributed by atoms with van der Waals surface area (Å²) in [6, 6.07) is 5.03. The van der Waals surface area contributed by atoms with Crippen LogP contribution in [0.25, 0.3) is 0 Å². The highest BCUT2D eigenvalue weighted by Gasteiger charge is 2.34. The van der Waals surface area contributed by atoms with Crippen LogP contribution in [0.2, 0.25) is 5.02 Å². The second kappa shape index (κ2) is 4.26. The summed E-state index contributed by atoms with van der Waals surface area (Å²) in [6.07, 6.45) is 1.89. The Morgan fingerprint density at radius 1 is 1.50 bits per heavy atom. The second-order valence-corrected chi connectivity index (χ2v) is 4.95. The zero-order chi connectivity index (χ0) is 12.7. The normalized spacial score (nSPS) is 26.1. The number of rotatable bonds is 0. The number of nitrogens with one attached hydrogen (secondary N) is 1. The highest BCUT2D eigenvalue weighted by molar-refractivity contribution is 6.30. The van der Waals surface area contributed by atoms with E-state index in [2.05, 4.69) is 10.5 Å². The lowest BCUT2D eigenvalue weighted by Crippen LogP contribution is -2.50. The zero-order valence-corrected chi connectivity index (χ0v) is 10.3. The fourth-order valence-electron chi connectivity index (χ4n) is 2.45. The number of hydrazone groups is 1. The summed E-state index contributed by atoms with van der Waals surface area (Å²) in [5.41, 5.74) is 4.23. The first kappa shape index (κ1) is 11.5. The Bertz CT molecular complexity index is 532. The summed E-state index contributed by atoms with van der Waals surface area (Å²) >= 11 is 5.97. The molecule has 0 saturated carbocycles. The molecule has 0 aliphatic carbocycles. The molecule has 0 saturated heterocycles. The molecule has 2 heterocycles. The smallest absolute Gasteiger partial charge is 0.263 e. The molecule has 1 aromatic carbocycles. The van der Waals surface area contributed by atoms with Crippen molar-refractivity contribution in [3.05, 3.63) is 28.8 Å². The number of carbonyl (C=O) groups is 1. The SMILES string of the molecule is O=C1NN=CN2c3ccc(Cl)cc3CC(O)CC12. The van der Waals surface area contributed by atoms with Crippen LogP contribution in [0.4, 0.5) is 5.69 Å². The molecule has 0 spiro atoms. The van der Waals surface area contributed by atoms with Crippen molar-refractivity contribution in [2.75, 3.05) is 4.90 Å². The molecule has 2 aliphatic rings. The van der Waals surface area contributed by atoms with Gasteiger partial charge in [-0.1, -0.05) is 11.6 Å². The molecule has 0 fully saturated rings. The van der Waals surface area contributed by atoms with Gasteiger partial charge < -0.3 is 10.0 Å². The summed E-state index contributed by atoms with van der Waals surface area (Å²) in [4.78, 5) is 13.6. The van der Waals surface area contributed by atoms with Crippen LogP contribution in [-0.4, -0.2) is 29.5 Å².